The molecule has 2 amide bonds. The van der Waals surface area contributed by atoms with Crippen LogP contribution < -0.4 is 16.0 Å². The molecule has 0 radical (unpaired) electrons. The summed E-state index contributed by atoms with van der Waals surface area (Å²) in [5.74, 6) is 0.0765. The maximum absolute atomic E-state index is 12.0. The minimum atomic E-state index is -0.396. The molecule has 3 N–H and O–H groups in total. The number of hydrogen-bond acceptors (Lipinski definition) is 5. The Morgan fingerprint density at radius 3 is 2.72 bits per heavy atom. The van der Waals surface area contributed by atoms with Crippen LogP contribution in [-0.4, -0.2) is 35.9 Å². The van der Waals surface area contributed by atoms with E-state index < -0.39 is 6.04 Å². The smallest absolute Gasteiger partial charge is 0.249 e. The Hall–Kier alpha value is -2.47. The molecule has 2 aromatic rings. The first-order valence-electron chi connectivity index (χ1n) is 8.91. The van der Waals surface area contributed by atoms with Gasteiger partial charge in [-0.05, 0) is 56.0 Å². The number of aromatic nitrogens is 1. The Kier molecular flexibility index (Phi) is 4.36. The molecule has 2 fully saturated rings. The van der Waals surface area contributed by atoms with Crippen molar-refractivity contribution in [2.45, 2.75) is 37.6 Å². The molecule has 25 heavy (non-hydrogen) atoms. The number of amides is 2. The highest BCUT2D eigenvalue weighted by molar-refractivity contribution is 6.02. The number of fused-ring (bicyclic) bond motifs is 1. The molecule has 0 spiro atoms. The van der Waals surface area contributed by atoms with E-state index in [9.17, 15) is 9.59 Å². The van der Waals surface area contributed by atoms with Gasteiger partial charge >= 0.3 is 0 Å². The van der Waals surface area contributed by atoms with Gasteiger partial charge in [0.1, 0.15) is 6.04 Å². The number of rotatable bonds is 3. The van der Waals surface area contributed by atoms with Crippen molar-refractivity contribution in [2.75, 3.05) is 18.4 Å². The number of benzene rings is 1. The van der Waals surface area contributed by atoms with E-state index in [1.54, 1.807) is 6.20 Å². The van der Waals surface area contributed by atoms with Gasteiger partial charge in [-0.2, -0.15) is 0 Å². The predicted molar refractivity (Wildman–Crippen MR) is 96.4 cm³/mol. The van der Waals surface area contributed by atoms with E-state index in [1.165, 1.54) is 5.56 Å². The number of hydrogen-bond donors (Lipinski definition) is 3. The molecule has 6 heteroatoms. The standard InChI is InChI=1S/C19H22N4O2/c24-17-6-5-16(19(25)23-17)22-15-4-3-13(12-7-10-20-11-8-12)14-2-1-9-21-18(14)15/h1-4,9,12,16,20,22H,5-8,10-11H2,(H,23,24,25). The zero-order valence-corrected chi connectivity index (χ0v) is 14.0. The molecule has 2 aliphatic heterocycles. The van der Waals surface area contributed by atoms with Crippen LogP contribution in [0.25, 0.3) is 10.9 Å². The second kappa shape index (κ2) is 6.80. The third-order valence-corrected chi connectivity index (χ3v) is 5.15. The molecule has 1 aromatic carbocycles. The van der Waals surface area contributed by atoms with Crippen LogP contribution in [0.5, 0.6) is 0 Å². The van der Waals surface area contributed by atoms with Crippen molar-refractivity contribution in [3.8, 4) is 0 Å². The summed E-state index contributed by atoms with van der Waals surface area (Å²) in [5.41, 5.74) is 3.07. The fourth-order valence-electron chi connectivity index (χ4n) is 3.82. The van der Waals surface area contributed by atoms with Crippen LogP contribution >= 0.6 is 0 Å². The fraction of sp³-hybridized carbons (Fsp3) is 0.421. The molecule has 0 bridgehead atoms. The third-order valence-electron chi connectivity index (χ3n) is 5.15. The van der Waals surface area contributed by atoms with Gasteiger partial charge in [0.15, 0.2) is 0 Å². The van der Waals surface area contributed by atoms with Crippen LogP contribution in [0.1, 0.15) is 37.2 Å². The van der Waals surface area contributed by atoms with Crippen LogP contribution in [0, 0.1) is 0 Å². The highest BCUT2D eigenvalue weighted by atomic mass is 16.2. The summed E-state index contributed by atoms with van der Waals surface area (Å²) in [4.78, 5) is 27.9. The third kappa shape index (κ3) is 3.22. The second-order valence-corrected chi connectivity index (χ2v) is 6.77. The van der Waals surface area contributed by atoms with Crippen LogP contribution in [-0.2, 0) is 9.59 Å². The topological polar surface area (TPSA) is 83.1 Å². The Bertz CT molecular complexity index is 814. The molecular weight excluding hydrogens is 316 g/mol. The van der Waals surface area contributed by atoms with E-state index in [2.05, 4.69) is 33.1 Å². The number of imide groups is 1. The molecule has 1 aromatic heterocycles. The average molecular weight is 338 g/mol. The summed E-state index contributed by atoms with van der Waals surface area (Å²) in [6.45, 7) is 2.09. The Labute approximate surface area is 146 Å². The largest absolute Gasteiger partial charge is 0.372 e. The van der Waals surface area contributed by atoms with Gasteiger partial charge in [-0.15, -0.1) is 0 Å². The Balaban J connectivity index is 1.66. The molecule has 3 heterocycles. The number of anilines is 1. The summed E-state index contributed by atoms with van der Waals surface area (Å²) >= 11 is 0. The van der Waals surface area contributed by atoms with Crippen molar-refractivity contribution in [1.29, 1.82) is 0 Å². The van der Waals surface area contributed by atoms with Crippen LogP contribution in [0.3, 0.4) is 0 Å². The lowest BCUT2D eigenvalue weighted by atomic mass is 9.87. The normalized spacial score (nSPS) is 22.0. The lowest BCUT2D eigenvalue weighted by Gasteiger charge is -2.26. The van der Waals surface area contributed by atoms with Gasteiger partial charge in [-0.1, -0.05) is 12.1 Å². The summed E-state index contributed by atoms with van der Waals surface area (Å²) in [7, 11) is 0. The molecule has 2 aliphatic rings. The molecule has 0 saturated carbocycles. The van der Waals surface area contributed by atoms with Crippen molar-refractivity contribution in [2.24, 2.45) is 0 Å². The molecule has 1 atom stereocenters. The van der Waals surface area contributed by atoms with Gasteiger partial charge < -0.3 is 10.6 Å². The summed E-state index contributed by atoms with van der Waals surface area (Å²) in [5, 5.41) is 10.2. The van der Waals surface area contributed by atoms with Crippen molar-refractivity contribution in [3.05, 3.63) is 36.0 Å². The molecule has 6 nitrogen and oxygen atoms in total. The molecule has 2 saturated heterocycles. The highest BCUT2D eigenvalue weighted by Gasteiger charge is 2.27. The number of carbonyl (C=O) groups excluding carboxylic acids is 2. The van der Waals surface area contributed by atoms with Gasteiger partial charge in [0, 0.05) is 18.0 Å². The van der Waals surface area contributed by atoms with Crippen molar-refractivity contribution in [3.63, 3.8) is 0 Å². The van der Waals surface area contributed by atoms with Gasteiger partial charge in [-0.25, -0.2) is 0 Å². The maximum atomic E-state index is 12.0. The summed E-state index contributed by atoms with van der Waals surface area (Å²) in [6, 6.07) is 7.86. The number of pyridine rings is 1. The number of nitrogens with zero attached hydrogens (tertiary/aromatic N) is 1. The van der Waals surface area contributed by atoms with E-state index in [4.69, 9.17) is 0 Å². The Morgan fingerprint density at radius 1 is 1.08 bits per heavy atom. The van der Waals surface area contributed by atoms with Crippen molar-refractivity contribution in [1.82, 2.24) is 15.6 Å². The monoisotopic (exact) mass is 338 g/mol. The fourth-order valence-corrected chi connectivity index (χ4v) is 3.82. The van der Waals surface area contributed by atoms with Crippen molar-refractivity contribution < 1.29 is 9.59 Å². The maximum Gasteiger partial charge on any atom is 0.249 e. The van der Waals surface area contributed by atoms with E-state index >= 15 is 0 Å². The second-order valence-electron chi connectivity index (χ2n) is 6.77. The van der Waals surface area contributed by atoms with Crippen LogP contribution in [0.4, 0.5) is 5.69 Å². The Morgan fingerprint density at radius 2 is 1.92 bits per heavy atom. The molecule has 130 valence electrons. The first kappa shape index (κ1) is 16.0. The van der Waals surface area contributed by atoms with Gasteiger partial charge in [0.25, 0.3) is 0 Å². The highest BCUT2D eigenvalue weighted by Crippen LogP contribution is 2.34. The first-order valence-corrected chi connectivity index (χ1v) is 8.91. The van der Waals surface area contributed by atoms with Gasteiger partial charge in [0.05, 0.1) is 11.2 Å². The zero-order chi connectivity index (χ0) is 17.2. The van der Waals surface area contributed by atoms with E-state index in [0.717, 1.165) is 42.5 Å². The predicted octanol–water partition coefficient (Wildman–Crippen LogP) is 1.92. The summed E-state index contributed by atoms with van der Waals surface area (Å²) in [6.07, 6.45) is 4.91. The summed E-state index contributed by atoms with van der Waals surface area (Å²) < 4.78 is 0. The molecule has 1 unspecified atom stereocenters. The molecule has 0 aliphatic carbocycles. The molecule has 4 rings (SSSR count). The number of nitrogens with one attached hydrogen (secondary N) is 3. The van der Waals surface area contributed by atoms with E-state index in [0.29, 0.717) is 18.8 Å². The molecular formula is C19H22N4O2. The number of piperidine rings is 2. The van der Waals surface area contributed by atoms with Crippen molar-refractivity contribution >= 4 is 28.4 Å². The number of carbonyl (C=O) groups is 2. The van der Waals surface area contributed by atoms with Gasteiger partial charge in [0.2, 0.25) is 11.8 Å². The lowest BCUT2D eigenvalue weighted by molar-refractivity contribution is -0.133. The zero-order valence-electron chi connectivity index (χ0n) is 14.0. The van der Waals surface area contributed by atoms with E-state index in [1.807, 2.05) is 12.1 Å². The SMILES string of the molecule is O=C1CCC(Nc2ccc(C3CCNCC3)c3cccnc23)C(=O)N1. The van der Waals surface area contributed by atoms with E-state index in [-0.39, 0.29) is 11.8 Å². The lowest BCUT2D eigenvalue weighted by Crippen LogP contribution is -2.47. The minimum absolute atomic E-state index is 0.202. The first-order chi connectivity index (χ1) is 12.2. The van der Waals surface area contributed by atoms with Crippen LogP contribution in [0.2, 0.25) is 0 Å². The average Bonchev–Trinajstić information content (AvgIpc) is 2.65. The van der Waals surface area contributed by atoms with Gasteiger partial charge in [-0.3, -0.25) is 19.9 Å². The minimum Gasteiger partial charge on any atom is -0.372 e. The van der Waals surface area contributed by atoms with Crippen LogP contribution in [0.15, 0.2) is 30.5 Å². The quantitative estimate of drug-likeness (QED) is 0.745.